The molecule has 3 N–H and O–H groups in total. The Morgan fingerprint density at radius 2 is 1.74 bits per heavy atom. The fourth-order valence-corrected chi connectivity index (χ4v) is 3.20. The van der Waals surface area contributed by atoms with Crippen molar-refractivity contribution in [3.63, 3.8) is 0 Å². The third-order valence-corrected chi connectivity index (χ3v) is 4.79. The van der Waals surface area contributed by atoms with Crippen molar-refractivity contribution >= 4 is 40.5 Å². The Bertz CT molecular complexity index is 960. The largest absolute Gasteiger partial charge is 0.497 e. The smallest absolute Gasteiger partial charge is 0.257 e. The SMILES string of the molecule is COc1ccc(/C=C(/C(=O)Nc2ccc(C(N)=O)cc2)c2cccs2)cc1. The molecular weight excluding hydrogens is 360 g/mol. The van der Waals surface area contributed by atoms with E-state index in [0.717, 1.165) is 16.2 Å². The fraction of sp³-hybridized carbons (Fsp3) is 0.0476. The molecule has 3 aromatic rings. The Morgan fingerprint density at radius 3 is 2.30 bits per heavy atom. The topological polar surface area (TPSA) is 81.4 Å². The first kappa shape index (κ1) is 18.4. The Kier molecular flexibility index (Phi) is 5.68. The van der Waals surface area contributed by atoms with Crippen LogP contribution in [0.15, 0.2) is 66.0 Å². The van der Waals surface area contributed by atoms with Crippen molar-refractivity contribution in [1.82, 2.24) is 0 Å². The standard InChI is InChI=1S/C21H18N2O3S/c1-26-17-10-4-14(5-11-17)13-18(19-3-2-12-27-19)21(25)23-16-8-6-15(7-9-16)20(22)24/h2-13H,1H3,(H2,22,24)(H,23,25)/b18-13+. The van der Waals surface area contributed by atoms with Gasteiger partial charge in [0.2, 0.25) is 5.91 Å². The van der Waals surface area contributed by atoms with Crippen molar-refractivity contribution < 1.29 is 14.3 Å². The van der Waals surface area contributed by atoms with E-state index in [-0.39, 0.29) is 5.91 Å². The number of rotatable bonds is 6. The van der Waals surface area contributed by atoms with E-state index in [9.17, 15) is 9.59 Å². The summed E-state index contributed by atoms with van der Waals surface area (Å²) in [5.74, 6) is 0.00969. The monoisotopic (exact) mass is 378 g/mol. The van der Waals surface area contributed by atoms with Gasteiger partial charge in [-0.05, 0) is 59.5 Å². The maximum absolute atomic E-state index is 12.9. The molecule has 0 aliphatic carbocycles. The highest BCUT2D eigenvalue weighted by Crippen LogP contribution is 2.25. The molecule has 0 saturated carbocycles. The number of hydrogen-bond acceptors (Lipinski definition) is 4. The number of benzene rings is 2. The van der Waals surface area contributed by atoms with Crippen molar-refractivity contribution in [2.45, 2.75) is 0 Å². The summed E-state index contributed by atoms with van der Waals surface area (Å²) < 4.78 is 5.17. The van der Waals surface area contributed by atoms with E-state index >= 15 is 0 Å². The zero-order valence-corrected chi connectivity index (χ0v) is 15.5. The molecule has 1 heterocycles. The molecule has 1 aromatic heterocycles. The molecule has 0 saturated heterocycles. The quantitative estimate of drug-likeness (QED) is 0.635. The number of carbonyl (C=O) groups excluding carboxylic acids is 2. The van der Waals surface area contributed by atoms with E-state index < -0.39 is 5.91 Å². The van der Waals surface area contributed by atoms with Crippen LogP contribution in [-0.2, 0) is 4.79 Å². The predicted octanol–water partition coefficient (Wildman–Crippen LogP) is 4.03. The van der Waals surface area contributed by atoms with Gasteiger partial charge >= 0.3 is 0 Å². The molecule has 0 atom stereocenters. The van der Waals surface area contributed by atoms with Crippen molar-refractivity contribution in [3.8, 4) is 5.75 Å². The second kappa shape index (κ2) is 8.33. The third kappa shape index (κ3) is 4.62. The van der Waals surface area contributed by atoms with Gasteiger partial charge in [-0.2, -0.15) is 0 Å². The van der Waals surface area contributed by atoms with Crippen LogP contribution in [0.1, 0.15) is 20.8 Å². The predicted molar refractivity (Wildman–Crippen MR) is 109 cm³/mol. The molecule has 0 bridgehead atoms. The number of methoxy groups -OCH3 is 1. The zero-order valence-electron chi connectivity index (χ0n) is 14.6. The molecule has 2 amide bonds. The minimum atomic E-state index is -0.508. The summed E-state index contributed by atoms with van der Waals surface area (Å²) in [6.45, 7) is 0. The Morgan fingerprint density at radius 1 is 1.04 bits per heavy atom. The van der Waals surface area contributed by atoms with Crippen LogP contribution in [0.4, 0.5) is 5.69 Å². The van der Waals surface area contributed by atoms with Gasteiger partial charge in [0, 0.05) is 16.1 Å². The Labute approximate surface area is 161 Å². The molecule has 0 aliphatic heterocycles. The molecule has 0 spiro atoms. The summed E-state index contributed by atoms with van der Waals surface area (Å²) >= 11 is 1.49. The summed E-state index contributed by atoms with van der Waals surface area (Å²) in [7, 11) is 1.61. The summed E-state index contributed by atoms with van der Waals surface area (Å²) in [5, 5.41) is 4.78. The molecule has 5 nitrogen and oxygen atoms in total. The molecule has 0 fully saturated rings. The van der Waals surface area contributed by atoms with Crippen LogP contribution in [0.2, 0.25) is 0 Å². The van der Waals surface area contributed by atoms with E-state index in [1.807, 2.05) is 47.9 Å². The minimum absolute atomic E-state index is 0.236. The van der Waals surface area contributed by atoms with Crippen molar-refractivity contribution in [1.29, 1.82) is 0 Å². The third-order valence-electron chi connectivity index (χ3n) is 3.89. The van der Waals surface area contributed by atoms with Gasteiger partial charge in [0.15, 0.2) is 0 Å². The van der Waals surface area contributed by atoms with Gasteiger partial charge in [-0.1, -0.05) is 18.2 Å². The molecule has 136 valence electrons. The van der Waals surface area contributed by atoms with E-state index in [0.29, 0.717) is 16.8 Å². The summed E-state index contributed by atoms with van der Waals surface area (Å²) in [6.07, 6.45) is 1.83. The number of anilines is 1. The van der Waals surface area contributed by atoms with E-state index in [1.165, 1.54) is 11.3 Å². The van der Waals surface area contributed by atoms with Gasteiger partial charge < -0.3 is 15.8 Å². The second-order valence-electron chi connectivity index (χ2n) is 5.70. The van der Waals surface area contributed by atoms with Crippen LogP contribution in [0.25, 0.3) is 11.6 Å². The van der Waals surface area contributed by atoms with E-state index in [2.05, 4.69) is 5.32 Å². The average molecular weight is 378 g/mol. The first-order valence-corrected chi connectivity index (χ1v) is 9.05. The maximum atomic E-state index is 12.9. The maximum Gasteiger partial charge on any atom is 0.257 e. The number of ether oxygens (including phenoxy) is 1. The lowest BCUT2D eigenvalue weighted by atomic mass is 10.1. The highest BCUT2D eigenvalue weighted by molar-refractivity contribution is 7.11. The van der Waals surface area contributed by atoms with Crippen molar-refractivity contribution in [3.05, 3.63) is 82.0 Å². The van der Waals surface area contributed by atoms with Crippen LogP contribution in [0.5, 0.6) is 5.75 Å². The van der Waals surface area contributed by atoms with Gasteiger partial charge in [0.05, 0.1) is 12.7 Å². The highest BCUT2D eigenvalue weighted by atomic mass is 32.1. The molecule has 2 aromatic carbocycles. The first-order chi connectivity index (χ1) is 13.1. The molecule has 27 heavy (non-hydrogen) atoms. The molecule has 0 aliphatic rings. The number of carbonyl (C=O) groups is 2. The minimum Gasteiger partial charge on any atom is -0.497 e. The van der Waals surface area contributed by atoms with Crippen LogP contribution in [0.3, 0.4) is 0 Å². The lowest BCUT2D eigenvalue weighted by Gasteiger charge is -2.09. The van der Waals surface area contributed by atoms with Gasteiger partial charge in [0.1, 0.15) is 5.75 Å². The van der Waals surface area contributed by atoms with Crippen LogP contribution < -0.4 is 15.8 Å². The van der Waals surface area contributed by atoms with Gasteiger partial charge in [-0.25, -0.2) is 0 Å². The van der Waals surface area contributed by atoms with E-state index in [4.69, 9.17) is 10.5 Å². The van der Waals surface area contributed by atoms with Gasteiger partial charge in [0.25, 0.3) is 5.91 Å². The average Bonchev–Trinajstić information content (AvgIpc) is 3.21. The Balaban J connectivity index is 1.87. The van der Waals surface area contributed by atoms with Crippen molar-refractivity contribution in [2.75, 3.05) is 12.4 Å². The molecule has 0 unspecified atom stereocenters. The van der Waals surface area contributed by atoms with Crippen LogP contribution in [-0.4, -0.2) is 18.9 Å². The Hall–Kier alpha value is -3.38. The van der Waals surface area contributed by atoms with Crippen LogP contribution >= 0.6 is 11.3 Å². The number of nitrogens with two attached hydrogens (primary N) is 1. The number of hydrogen-bond donors (Lipinski definition) is 2. The van der Waals surface area contributed by atoms with Crippen LogP contribution in [0, 0.1) is 0 Å². The first-order valence-electron chi connectivity index (χ1n) is 8.17. The lowest BCUT2D eigenvalue weighted by Crippen LogP contribution is -2.14. The van der Waals surface area contributed by atoms with Gasteiger partial charge in [-0.15, -0.1) is 11.3 Å². The van der Waals surface area contributed by atoms with Gasteiger partial charge in [-0.3, -0.25) is 9.59 Å². The highest BCUT2D eigenvalue weighted by Gasteiger charge is 2.14. The molecular formula is C21H18N2O3S. The zero-order chi connectivity index (χ0) is 19.2. The summed E-state index contributed by atoms with van der Waals surface area (Å²) in [6, 6.07) is 17.7. The lowest BCUT2D eigenvalue weighted by molar-refractivity contribution is -0.111. The fourth-order valence-electron chi connectivity index (χ4n) is 2.46. The van der Waals surface area contributed by atoms with E-state index in [1.54, 1.807) is 31.4 Å². The number of amides is 2. The number of thiophene rings is 1. The molecule has 6 heteroatoms. The summed E-state index contributed by atoms with van der Waals surface area (Å²) in [5.41, 5.74) is 7.65. The number of primary amides is 1. The molecule has 0 radical (unpaired) electrons. The molecule has 3 rings (SSSR count). The normalized spacial score (nSPS) is 11.1. The second-order valence-corrected chi connectivity index (χ2v) is 6.65. The number of nitrogens with one attached hydrogen (secondary N) is 1. The summed E-state index contributed by atoms with van der Waals surface area (Å²) in [4.78, 5) is 24.9. The van der Waals surface area contributed by atoms with Crippen molar-refractivity contribution in [2.24, 2.45) is 5.73 Å².